The maximum absolute atomic E-state index is 6.30. The summed E-state index contributed by atoms with van der Waals surface area (Å²) >= 11 is 6.30. The van der Waals surface area contributed by atoms with Gasteiger partial charge in [0.15, 0.2) is 0 Å². The first-order valence-electron chi connectivity index (χ1n) is 6.86. The Bertz CT molecular complexity index is 581. The molecule has 0 bridgehead atoms. The van der Waals surface area contributed by atoms with Crippen LogP contribution in [0.4, 0.5) is 5.69 Å². The number of aryl methyl sites for hydroxylation is 1. The van der Waals surface area contributed by atoms with Crippen LogP contribution in [0.5, 0.6) is 0 Å². The molecule has 2 aromatic rings. The van der Waals surface area contributed by atoms with E-state index in [1.54, 1.807) is 0 Å². The number of nitrogens with zero attached hydrogens (tertiary/aromatic N) is 1. The van der Waals surface area contributed by atoms with Gasteiger partial charge in [-0.15, -0.1) is 0 Å². The lowest BCUT2D eigenvalue weighted by molar-refractivity contribution is 0.911. The van der Waals surface area contributed by atoms with Crippen LogP contribution in [0.15, 0.2) is 42.5 Å². The van der Waals surface area contributed by atoms with E-state index in [4.69, 9.17) is 17.3 Å². The molecular weight excluding hydrogens is 268 g/mol. The fourth-order valence-electron chi connectivity index (χ4n) is 2.27. The predicted molar refractivity (Wildman–Crippen MR) is 87.5 cm³/mol. The summed E-state index contributed by atoms with van der Waals surface area (Å²) < 4.78 is 0. The molecule has 2 N–H and O–H groups in total. The van der Waals surface area contributed by atoms with Crippen molar-refractivity contribution < 1.29 is 0 Å². The molecule has 106 valence electrons. The van der Waals surface area contributed by atoms with Crippen molar-refractivity contribution in [1.29, 1.82) is 0 Å². The lowest BCUT2D eigenvalue weighted by Gasteiger charge is -2.21. The van der Waals surface area contributed by atoms with Gasteiger partial charge in [-0.2, -0.15) is 0 Å². The zero-order chi connectivity index (χ0) is 14.5. The molecule has 0 aromatic heterocycles. The fraction of sp³-hybridized carbons (Fsp3) is 0.294. The van der Waals surface area contributed by atoms with Crippen LogP contribution in [-0.4, -0.2) is 13.6 Å². The standard InChI is InChI=1S/C17H21ClN2/c1-13-5-3-4-6-15(13)12-20(2)16-8-7-14(9-10-19)17(18)11-16/h3-8,11H,9-10,12,19H2,1-2H3. The van der Waals surface area contributed by atoms with Crippen LogP contribution < -0.4 is 10.6 Å². The Morgan fingerprint density at radius 1 is 1.10 bits per heavy atom. The monoisotopic (exact) mass is 288 g/mol. The first kappa shape index (κ1) is 14.9. The smallest absolute Gasteiger partial charge is 0.0459 e. The van der Waals surface area contributed by atoms with Crippen LogP contribution in [0, 0.1) is 6.92 Å². The quantitative estimate of drug-likeness (QED) is 0.907. The SMILES string of the molecule is Cc1ccccc1CN(C)c1ccc(CCN)c(Cl)c1. The van der Waals surface area contributed by atoms with E-state index in [1.807, 2.05) is 6.07 Å². The molecule has 0 aliphatic rings. The molecule has 0 fully saturated rings. The molecule has 2 aromatic carbocycles. The van der Waals surface area contributed by atoms with Crippen LogP contribution >= 0.6 is 11.6 Å². The van der Waals surface area contributed by atoms with Gasteiger partial charge in [-0.3, -0.25) is 0 Å². The van der Waals surface area contributed by atoms with Gasteiger partial charge in [-0.05, 0) is 48.7 Å². The summed E-state index contributed by atoms with van der Waals surface area (Å²) in [5.74, 6) is 0. The number of benzene rings is 2. The second-order valence-electron chi connectivity index (χ2n) is 5.10. The minimum Gasteiger partial charge on any atom is -0.370 e. The maximum Gasteiger partial charge on any atom is 0.0459 e. The first-order valence-corrected chi connectivity index (χ1v) is 7.23. The summed E-state index contributed by atoms with van der Waals surface area (Å²) in [7, 11) is 2.08. The molecule has 0 unspecified atom stereocenters. The average Bonchev–Trinajstić information content (AvgIpc) is 2.43. The van der Waals surface area contributed by atoms with Crippen molar-refractivity contribution in [2.45, 2.75) is 19.9 Å². The summed E-state index contributed by atoms with van der Waals surface area (Å²) in [6, 6.07) is 14.6. The van der Waals surface area contributed by atoms with Crippen LogP contribution in [0.25, 0.3) is 0 Å². The Morgan fingerprint density at radius 2 is 1.85 bits per heavy atom. The third-order valence-corrected chi connectivity index (χ3v) is 3.91. The third kappa shape index (κ3) is 3.53. The van der Waals surface area contributed by atoms with Crippen molar-refractivity contribution in [3.8, 4) is 0 Å². The van der Waals surface area contributed by atoms with Crippen molar-refractivity contribution in [2.75, 3.05) is 18.5 Å². The third-order valence-electron chi connectivity index (χ3n) is 3.56. The van der Waals surface area contributed by atoms with E-state index >= 15 is 0 Å². The van der Waals surface area contributed by atoms with Gasteiger partial charge in [0, 0.05) is 24.3 Å². The first-order chi connectivity index (χ1) is 9.61. The molecule has 0 spiro atoms. The molecular formula is C17H21ClN2. The van der Waals surface area contributed by atoms with E-state index in [2.05, 4.69) is 55.3 Å². The molecule has 2 nitrogen and oxygen atoms in total. The number of rotatable bonds is 5. The largest absolute Gasteiger partial charge is 0.370 e. The second-order valence-corrected chi connectivity index (χ2v) is 5.50. The highest BCUT2D eigenvalue weighted by Gasteiger charge is 2.07. The average molecular weight is 289 g/mol. The van der Waals surface area contributed by atoms with Gasteiger partial charge in [-0.1, -0.05) is 41.9 Å². The molecule has 0 saturated carbocycles. The summed E-state index contributed by atoms with van der Waals surface area (Å²) in [4.78, 5) is 2.21. The molecule has 2 rings (SSSR count). The second kappa shape index (κ2) is 6.78. The highest BCUT2D eigenvalue weighted by atomic mass is 35.5. The van der Waals surface area contributed by atoms with Gasteiger partial charge in [0.05, 0.1) is 0 Å². The molecule has 0 aliphatic carbocycles. The van der Waals surface area contributed by atoms with Crippen molar-refractivity contribution in [2.24, 2.45) is 5.73 Å². The fourth-order valence-corrected chi connectivity index (χ4v) is 2.54. The Morgan fingerprint density at radius 3 is 2.50 bits per heavy atom. The highest BCUT2D eigenvalue weighted by molar-refractivity contribution is 6.31. The minimum atomic E-state index is 0.623. The summed E-state index contributed by atoms with van der Waals surface area (Å²) in [5.41, 5.74) is 10.5. The summed E-state index contributed by atoms with van der Waals surface area (Å²) in [5, 5.41) is 0.796. The Kier molecular flexibility index (Phi) is 5.05. The molecule has 0 saturated heterocycles. The van der Waals surface area contributed by atoms with E-state index < -0.39 is 0 Å². The lowest BCUT2D eigenvalue weighted by Crippen LogP contribution is -2.17. The number of halogens is 1. The van der Waals surface area contributed by atoms with Crippen molar-refractivity contribution in [3.05, 3.63) is 64.2 Å². The number of hydrogen-bond donors (Lipinski definition) is 1. The van der Waals surface area contributed by atoms with Crippen molar-refractivity contribution >= 4 is 17.3 Å². The van der Waals surface area contributed by atoms with Gasteiger partial charge in [0.25, 0.3) is 0 Å². The van der Waals surface area contributed by atoms with E-state index in [9.17, 15) is 0 Å². The van der Waals surface area contributed by atoms with Gasteiger partial charge in [-0.25, -0.2) is 0 Å². The molecule has 3 heteroatoms. The van der Waals surface area contributed by atoms with E-state index in [-0.39, 0.29) is 0 Å². The predicted octanol–water partition coefficient (Wildman–Crippen LogP) is 3.79. The topological polar surface area (TPSA) is 29.3 Å². The van der Waals surface area contributed by atoms with Gasteiger partial charge >= 0.3 is 0 Å². The van der Waals surface area contributed by atoms with Crippen LogP contribution in [0.2, 0.25) is 5.02 Å². The Hall–Kier alpha value is -1.51. The van der Waals surface area contributed by atoms with Crippen LogP contribution in [0.3, 0.4) is 0 Å². The van der Waals surface area contributed by atoms with E-state index in [1.165, 1.54) is 11.1 Å². The number of anilines is 1. The maximum atomic E-state index is 6.30. The normalized spacial score (nSPS) is 10.6. The van der Waals surface area contributed by atoms with Crippen molar-refractivity contribution in [1.82, 2.24) is 0 Å². The van der Waals surface area contributed by atoms with Gasteiger partial charge in [0.1, 0.15) is 0 Å². The number of hydrogen-bond acceptors (Lipinski definition) is 2. The lowest BCUT2D eigenvalue weighted by atomic mass is 10.1. The highest BCUT2D eigenvalue weighted by Crippen LogP contribution is 2.24. The minimum absolute atomic E-state index is 0.623. The van der Waals surface area contributed by atoms with E-state index in [0.717, 1.165) is 29.2 Å². The molecule has 0 heterocycles. The van der Waals surface area contributed by atoms with Gasteiger partial charge in [0.2, 0.25) is 0 Å². The Balaban J connectivity index is 2.15. The van der Waals surface area contributed by atoms with Gasteiger partial charge < -0.3 is 10.6 Å². The zero-order valence-electron chi connectivity index (χ0n) is 12.1. The molecule has 0 amide bonds. The molecule has 0 radical (unpaired) electrons. The molecule has 0 aliphatic heterocycles. The van der Waals surface area contributed by atoms with Crippen molar-refractivity contribution in [3.63, 3.8) is 0 Å². The molecule has 20 heavy (non-hydrogen) atoms. The summed E-state index contributed by atoms with van der Waals surface area (Å²) in [6.07, 6.45) is 0.820. The Labute approximate surface area is 126 Å². The van der Waals surface area contributed by atoms with E-state index in [0.29, 0.717) is 6.54 Å². The summed E-state index contributed by atoms with van der Waals surface area (Å²) in [6.45, 7) is 3.64. The van der Waals surface area contributed by atoms with Crippen LogP contribution in [0.1, 0.15) is 16.7 Å². The molecule has 0 atom stereocenters. The number of nitrogens with two attached hydrogens (primary N) is 1. The zero-order valence-corrected chi connectivity index (χ0v) is 12.8. The van der Waals surface area contributed by atoms with Crippen LogP contribution in [-0.2, 0) is 13.0 Å².